The van der Waals surface area contributed by atoms with Gasteiger partial charge >= 0.3 is 0 Å². The van der Waals surface area contributed by atoms with Crippen LogP contribution in [0.5, 0.6) is 0 Å². The molecule has 1 atom stereocenters. The molecule has 0 radical (unpaired) electrons. The number of carbonyl (C=O) groups excluding carboxylic acids is 1. The number of nitrogens with zero attached hydrogens (tertiary/aromatic N) is 1. The van der Waals surface area contributed by atoms with Gasteiger partial charge in [0, 0.05) is 18.0 Å². The van der Waals surface area contributed by atoms with Gasteiger partial charge in [-0.25, -0.2) is 0 Å². The van der Waals surface area contributed by atoms with Crippen molar-refractivity contribution in [2.75, 3.05) is 17.2 Å². The SMILES string of the molecule is Nc1cc(Cl)cc(Cl)c1N1CC(Cl)CC1=O. The number of rotatable bonds is 1. The quantitative estimate of drug-likeness (QED) is 0.634. The standard InChI is InChI=1S/C10H9Cl3N2O/c11-5-1-7(13)10(8(14)2-5)15-4-6(12)3-9(15)16/h1-2,6H,3-4,14H2. The average molecular weight is 280 g/mol. The smallest absolute Gasteiger partial charge is 0.228 e. The van der Waals surface area contributed by atoms with Crippen LogP contribution in [0.2, 0.25) is 10.0 Å². The lowest BCUT2D eigenvalue weighted by atomic mass is 10.2. The highest BCUT2D eigenvalue weighted by atomic mass is 35.5. The number of carbonyl (C=O) groups is 1. The van der Waals surface area contributed by atoms with Crippen LogP contribution in [0, 0.1) is 0 Å². The van der Waals surface area contributed by atoms with Gasteiger partial charge in [-0.05, 0) is 12.1 Å². The molecule has 2 rings (SSSR count). The Labute approximate surface area is 108 Å². The number of anilines is 2. The van der Waals surface area contributed by atoms with E-state index in [0.29, 0.717) is 34.4 Å². The Bertz CT molecular complexity index is 427. The molecular formula is C10H9Cl3N2O. The zero-order valence-electron chi connectivity index (χ0n) is 8.21. The van der Waals surface area contributed by atoms with E-state index in [-0.39, 0.29) is 11.3 Å². The molecule has 16 heavy (non-hydrogen) atoms. The Kier molecular flexibility index (Phi) is 3.19. The first-order valence-corrected chi connectivity index (χ1v) is 5.87. The molecule has 0 spiro atoms. The van der Waals surface area contributed by atoms with Gasteiger partial charge in [-0.2, -0.15) is 0 Å². The average Bonchev–Trinajstić information content (AvgIpc) is 2.43. The molecule has 86 valence electrons. The predicted molar refractivity (Wildman–Crippen MR) is 67.5 cm³/mol. The minimum absolute atomic E-state index is 0.0732. The van der Waals surface area contributed by atoms with E-state index in [2.05, 4.69) is 0 Å². The number of nitrogen functional groups attached to an aromatic ring is 1. The van der Waals surface area contributed by atoms with Gasteiger partial charge in [0.25, 0.3) is 0 Å². The summed E-state index contributed by atoms with van der Waals surface area (Å²) in [6, 6.07) is 3.13. The number of nitrogens with two attached hydrogens (primary N) is 1. The molecule has 1 unspecified atom stereocenters. The van der Waals surface area contributed by atoms with E-state index in [4.69, 9.17) is 40.5 Å². The van der Waals surface area contributed by atoms with E-state index in [1.54, 1.807) is 12.1 Å². The molecule has 1 saturated heterocycles. The maximum Gasteiger partial charge on any atom is 0.228 e. The molecule has 2 N–H and O–H groups in total. The predicted octanol–water partition coefficient (Wildman–Crippen LogP) is 2.92. The lowest BCUT2D eigenvalue weighted by molar-refractivity contribution is -0.117. The second-order valence-corrected chi connectivity index (χ2v) is 5.09. The summed E-state index contributed by atoms with van der Waals surface area (Å²) in [5.41, 5.74) is 6.69. The topological polar surface area (TPSA) is 46.3 Å². The first-order valence-electron chi connectivity index (χ1n) is 4.68. The first-order chi connectivity index (χ1) is 7.49. The van der Waals surface area contributed by atoms with Crippen LogP contribution in [0.4, 0.5) is 11.4 Å². The maximum atomic E-state index is 11.7. The molecule has 0 aliphatic carbocycles. The molecule has 1 aliphatic rings. The molecule has 3 nitrogen and oxygen atoms in total. The summed E-state index contributed by atoms with van der Waals surface area (Å²) in [4.78, 5) is 13.2. The molecule has 0 aromatic heterocycles. The van der Waals surface area contributed by atoms with Crippen molar-refractivity contribution in [3.05, 3.63) is 22.2 Å². The fourth-order valence-electron chi connectivity index (χ4n) is 1.75. The molecule has 1 fully saturated rings. The van der Waals surface area contributed by atoms with Crippen LogP contribution in [0.1, 0.15) is 6.42 Å². The number of hydrogen-bond donors (Lipinski definition) is 1. The maximum absolute atomic E-state index is 11.7. The van der Waals surface area contributed by atoms with Crippen molar-refractivity contribution < 1.29 is 4.79 Å². The number of halogens is 3. The Morgan fingerprint density at radius 2 is 2.06 bits per heavy atom. The zero-order chi connectivity index (χ0) is 11.9. The molecule has 1 amide bonds. The Morgan fingerprint density at radius 3 is 2.56 bits per heavy atom. The van der Waals surface area contributed by atoms with Crippen LogP contribution in [-0.2, 0) is 4.79 Å². The van der Waals surface area contributed by atoms with Crippen LogP contribution in [-0.4, -0.2) is 17.8 Å². The van der Waals surface area contributed by atoms with Crippen LogP contribution in [0.25, 0.3) is 0 Å². The third-order valence-corrected chi connectivity index (χ3v) is 3.20. The summed E-state index contributed by atoms with van der Waals surface area (Å²) < 4.78 is 0. The molecule has 0 saturated carbocycles. The minimum Gasteiger partial charge on any atom is -0.397 e. The van der Waals surface area contributed by atoms with Crippen LogP contribution in [0.3, 0.4) is 0 Å². The monoisotopic (exact) mass is 278 g/mol. The van der Waals surface area contributed by atoms with Gasteiger partial charge in [0.2, 0.25) is 5.91 Å². The highest BCUT2D eigenvalue weighted by Gasteiger charge is 2.31. The van der Waals surface area contributed by atoms with Crippen LogP contribution < -0.4 is 10.6 Å². The number of amides is 1. The van der Waals surface area contributed by atoms with E-state index in [0.717, 1.165) is 0 Å². The lowest BCUT2D eigenvalue weighted by Crippen LogP contribution is -2.25. The van der Waals surface area contributed by atoms with Gasteiger partial charge in [-0.1, -0.05) is 23.2 Å². The molecule has 1 aromatic carbocycles. The zero-order valence-corrected chi connectivity index (χ0v) is 10.5. The Balaban J connectivity index is 2.44. The summed E-state index contributed by atoms with van der Waals surface area (Å²) >= 11 is 17.7. The summed E-state index contributed by atoms with van der Waals surface area (Å²) in [5.74, 6) is -0.0732. The van der Waals surface area contributed by atoms with Gasteiger partial charge < -0.3 is 10.6 Å². The first kappa shape index (κ1) is 11.8. The number of hydrogen-bond acceptors (Lipinski definition) is 2. The van der Waals surface area contributed by atoms with Crippen molar-refractivity contribution in [3.8, 4) is 0 Å². The van der Waals surface area contributed by atoms with Crippen molar-refractivity contribution in [2.24, 2.45) is 0 Å². The van der Waals surface area contributed by atoms with Crippen LogP contribution >= 0.6 is 34.8 Å². The fraction of sp³-hybridized carbons (Fsp3) is 0.300. The second kappa shape index (κ2) is 4.32. The molecular weight excluding hydrogens is 270 g/mol. The highest BCUT2D eigenvalue weighted by molar-refractivity contribution is 6.38. The summed E-state index contributed by atoms with van der Waals surface area (Å²) in [6.07, 6.45) is 0.306. The second-order valence-electron chi connectivity index (χ2n) is 3.63. The van der Waals surface area contributed by atoms with Gasteiger partial charge in [0.05, 0.1) is 21.8 Å². The van der Waals surface area contributed by atoms with Crippen molar-refractivity contribution in [2.45, 2.75) is 11.8 Å². The van der Waals surface area contributed by atoms with Crippen molar-refractivity contribution in [1.82, 2.24) is 0 Å². The van der Waals surface area contributed by atoms with E-state index >= 15 is 0 Å². The van der Waals surface area contributed by atoms with E-state index in [9.17, 15) is 4.79 Å². The van der Waals surface area contributed by atoms with E-state index < -0.39 is 0 Å². The van der Waals surface area contributed by atoms with Crippen LogP contribution in [0.15, 0.2) is 12.1 Å². The highest BCUT2D eigenvalue weighted by Crippen LogP contribution is 2.37. The summed E-state index contributed by atoms with van der Waals surface area (Å²) in [7, 11) is 0. The molecule has 1 aliphatic heterocycles. The third-order valence-electron chi connectivity index (χ3n) is 2.41. The Hall–Kier alpha value is -0.640. The van der Waals surface area contributed by atoms with Gasteiger partial charge in [0.1, 0.15) is 0 Å². The molecule has 1 heterocycles. The number of alkyl halides is 1. The van der Waals surface area contributed by atoms with Crippen molar-refractivity contribution in [3.63, 3.8) is 0 Å². The van der Waals surface area contributed by atoms with Gasteiger partial charge in [-0.3, -0.25) is 4.79 Å². The molecule has 6 heteroatoms. The lowest BCUT2D eigenvalue weighted by Gasteiger charge is -2.19. The number of benzene rings is 1. The summed E-state index contributed by atoms with van der Waals surface area (Å²) in [5, 5.41) is 0.614. The van der Waals surface area contributed by atoms with E-state index in [1.807, 2.05) is 0 Å². The van der Waals surface area contributed by atoms with E-state index in [1.165, 1.54) is 4.90 Å². The molecule has 0 bridgehead atoms. The normalized spacial score (nSPS) is 20.6. The third kappa shape index (κ3) is 2.08. The van der Waals surface area contributed by atoms with Gasteiger partial charge in [-0.15, -0.1) is 11.6 Å². The largest absolute Gasteiger partial charge is 0.397 e. The van der Waals surface area contributed by atoms with Gasteiger partial charge in [0.15, 0.2) is 0 Å². The Morgan fingerprint density at radius 1 is 1.38 bits per heavy atom. The molecule has 1 aromatic rings. The van der Waals surface area contributed by atoms with Crippen molar-refractivity contribution >= 4 is 52.1 Å². The fourth-order valence-corrected chi connectivity index (χ4v) is 2.63. The minimum atomic E-state index is -0.196. The summed E-state index contributed by atoms with van der Waals surface area (Å²) in [6.45, 7) is 0.423. The van der Waals surface area contributed by atoms with Crippen molar-refractivity contribution in [1.29, 1.82) is 0 Å².